The second kappa shape index (κ2) is 2.09. The molecule has 0 fully saturated rings. The Morgan fingerprint density at radius 1 is 1.70 bits per heavy atom. The highest BCUT2D eigenvalue weighted by Gasteiger charge is 2.14. The molecule has 0 saturated carbocycles. The van der Waals surface area contributed by atoms with Gasteiger partial charge in [-0.2, -0.15) is 0 Å². The summed E-state index contributed by atoms with van der Waals surface area (Å²) in [7, 11) is 2.07. The number of nitrogens with zero attached hydrogens (tertiary/aromatic N) is 2. The van der Waals surface area contributed by atoms with Crippen LogP contribution in [0.25, 0.3) is 0 Å². The monoisotopic (exact) mass is 136 g/mol. The molecule has 0 aliphatic carbocycles. The Bertz CT molecular complexity index is 229. The second-order valence-electron chi connectivity index (χ2n) is 2.63. The molecule has 2 rings (SSSR count). The molecule has 0 bridgehead atoms. The molecule has 1 radical (unpaired) electrons. The predicted octanol–water partition coefficient (Wildman–Crippen LogP) is 0.559. The van der Waals surface area contributed by atoms with E-state index in [-0.39, 0.29) is 0 Å². The van der Waals surface area contributed by atoms with Crippen LogP contribution in [0.4, 0.5) is 0 Å². The number of aromatic nitrogens is 2. The lowest BCUT2D eigenvalue weighted by molar-refractivity contribution is 0.368. The smallest absolute Gasteiger partial charge is 0.0925 e. The van der Waals surface area contributed by atoms with Crippen molar-refractivity contribution in [2.45, 2.75) is 13.0 Å². The van der Waals surface area contributed by atoms with Gasteiger partial charge in [-0.25, -0.2) is 4.98 Å². The standard InChI is InChI=1S/C7H10N3/c1-10-3-2-6-7(4-10)9-5-8-6/h3,5H,2,4H2,1H3,(H,8,9). The first-order chi connectivity index (χ1) is 4.86. The largest absolute Gasteiger partial charge is 0.347 e. The third-order valence-corrected chi connectivity index (χ3v) is 1.81. The summed E-state index contributed by atoms with van der Waals surface area (Å²) in [6.07, 6.45) is 2.73. The molecule has 0 aromatic carbocycles. The third-order valence-electron chi connectivity index (χ3n) is 1.81. The van der Waals surface area contributed by atoms with Gasteiger partial charge in [0.1, 0.15) is 0 Å². The van der Waals surface area contributed by atoms with Gasteiger partial charge in [0, 0.05) is 19.5 Å². The quantitative estimate of drug-likeness (QED) is 0.565. The molecule has 3 nitrogen and oxygen atoms in total. The Labute approximate surface area is 60.1 Å². The van der Waals surface area contributed by atoms with E-state index >= 15 is 0 Å². The summed E-state index contributed by atoms with van der Waals surface area (Å²) in [4.78, 5) is 9.46. The SMILES string of the molecule is CN1[CH]Cc2nc[nH]c2C1. The van der Waals surface area contributed by atoms with E-state index in [1.807, 2.05) is 0 Å². The molecule has 0 amide bonds. The van der Waals surface area contributed by atoms with Crippen LogP contribution in [-0.2, 0) is 13.0 Å². The van der Waals surface area contributed by atoms with E-state index in [0.29, 0.717) is 0 Å². The van der Waals surface area contributed by atoms with E-state index in [1.54, 1.807) is 6.33 Å². The number of imidazole rings is 1. The van der Waals surface area contributed by atoms with E-state index in [2.05, 4.69) is 28.5 Å². The van der Waals surface area contributed by atoms with Crippen LogP contribution in [0.2, 0.25) is 0 Å². The molecule has 0 spiro atoms. The van der Waals surface area contributed by atoms with Crippen LogP contribution in [0.1, 0.15) is 11.4 Å². The summed E-state index contributed by atoms with van der Waals surface area (Å²) in [5, 5.41) is 0. The lowest BCUT2D eigenvalue weighted by Crippen LogP contribution is -2.21. The number of hydrogen-bond acceptors (Lipinski definition) is 2. The molecular formula is C7H10N3. The highest BCUT2D eigenvalue weighted by Crippen LogP contribution is 2.14. The van der Waals surface area contributed by atoms with Crippen LogP contribution >= 0.6 is 0 Å². The van der Waals surface area contributed by atoms with Crippen molar-refractivity contribution in [2.24, 2.45) is 0 Å². The minimum Gasteiger partial charge on any atom is -0.347 e. The second-order valence-corrected chi connectivity index (χ2v) is 2.63. The molecule has 1 aromatic rings. The molecular weight excluding hydrogens is 126 g/mol. The summed E-state index contributed by atoms with van der Waals surface area (Å²) in [5.41, 5.74) is 2.45. The zero-order valence-corrected chi connectivity index (χ0v) is 5.96. The number of likely N-dealkylation sites (N-methyl/N-ethyl adjacent to an activating group) is 1. The predicted molar refractivity (Wildman–Crippen MR) is 38.1 cm³/mol. The van der Waals surface area contributed by atoms with Crippen molar-refractivity contribution in [3.63, 3.8) is 0 Å². The topological polar surface area (TPSA) is 31.9 Å². The highest BCUT2D eigenvalue weighted by molar-refractivity contribution is 5.16. The molecule has 0 atom stereocenters. The summed E-state index contributed by atoms with van der Waals surface area (Å²) in [6.45, 7) is 3.12. The van der Waals surface area contributed by atoms with Crippen LogP contribution in [0.3, 0.4) is 0 Å². The van der Waals surface area contributed by atoms with E-state index < -0.39 is 0 Å². The summed E-state index contributed by atoms with van der Waals surface area (Å²) in [6, 6.07) is 0. The maximum absolute atomic E-state index is 4.18. The Kier molecular flexibility index (Phi) is 1.24. The van der Waals surface area contributed by atoms with Gasteiger partial charge in [0.2, 0.25) is 0 Å². The van der Waals surface area contributed by atoms with Gasteiger partial charge >= 0.3 is 0 Å². The summed E-state index contributed by atoms with van der Waals surface area (Å²) >= 11 is 0. The molecule has 1 aromatic heterocycles. The Balaban J connectivity index is 2.30. The fraction of sp³-hybridized carbons (Fsp3) is 0.429. The van der Waals surface area contributed by atoms with Crippen LogP contribution in [0, 0.1) is 6.54 Å². The molecule has 3 heteroatoms. The number of fused-ring (bicyclic) bond motifs is 1. The number of hydrogen-bond donors (Lipinski definition) is 1. The van der Waals surface area contributed by atoms with Crippen LogP contribution in [0.15, 0.2) is 6.33 Å². The minimum absolute atomic E-state index is 0.968. The first-order valence-electron chi connectivity index (χ1n) is 3.41. The van der Waals surface area contributed by atoms with Gasteiger partial charge in [0.25, 0.3) is 0 Å². The van der Waals surface area contributed by atoms with E-state index in [4.69, 9.17) is 0 Å². The molecule has 1 aliphatic heterocycles. The maximum Gasteiger partial charge on any atom is 0.0925 e. The minimum atomic E-state index is 0.968. The molecule has 1 N–H and O–H groups in total. The average Bonchev–Trinajstić information content (AvgIpc) is 2.33. The molecule has 2 heterocycles. The van der Waals surface area contributed by atoms with Crippen molar-refractivity contribution in [1.82, 2.24) is 14.9 Å². The van der Waals surface area contributed by atoms with Crippen LogP contribution in [0.5, 0.6) is 0 Å². The van der Waals surface area contributed by atoms with Gasteiger partial charge < -0.3 is 4.98 Å². The maximum atomic E-state index is 4.18. The number of nitrogens with one attached hydrogen (secondary N) is 1. The Hall–Kier alpha value is -0.830. The van der Waals surface area contributed by atoms with Crippen LogP contribution < -0.4 is 0 Å². The Morgan fingerprint density at radius 2 is 2.60 bits per heavy atom. The molecule has 0 saturated heterocycles. The van der Waals surface area contributed by atoms with Crippen molar-refractivity contribution in [2.75, 3.05) is 7.05 Å². The van der Waals surface area contributed by atoms with Crippen LogP contribution in [-0.4, -0.2) is 21.9 Å². The van der Waals surface area contributed by atoms with E-state index in [1.165, 1.54) is 11.4 Å². The first kappa shape index (κ1) is 5.92. The zero-order chi connectivity index (χ0) is 6.97. The number of aromatic amines is 1. The lowest BCUT2D eigenvalue weighted by Gasteiger charge is -2.19. The molecule has 10 heavy (non-hydrogen) atoms. The fourth-order valence-electron chi connectivity index (χ4n) is 1.22. The number of rotatable bonds is 0. The summed E-state index contributed by atoms with van der Waals surface area (Å²) < 4.78 is 0. The van der Waals surface area contributed by atoms with E-state index in [9.17, 15) is 0 Å². The van der Waals surface area contributed by atoms with Crippen molar-refractivity contribution in [1.29, 1.82) is 0 Å². The van der Waals surface area contributed by atoms with Gasteiger partial charge in [0.15, 0.2) is 0 Å². The molecule has 0 unspecified atom stereocenters. The van der Waals surface area contributed by atoms with Gasteiger partial charge in [-0.3, -0.25) is 4.90 Å². The van der Waals surface area contributed by atoms with Gasteiger partial charge in [-0.1, -0.05) is 0 Å². The molecule has 1 aliphatic rings. The zero-order valence-electron chi connectivity index (χ0n) is 5.96. The molecule has 53 valence electrons. The highest BCUT2D eigenvalue weighted by atomic mass is 15.1. The normalized spacial score (nSPS) is 18.9. The lowest BCUT2D eigenvalue weighted by atomic mass is 10.2. The van der Waals surface area contributed by atoms with Crippen molar-refractivity contribution >= 4 is 0 Å². The fourth-order valence-corrected chi connectivity index (χ4v) is 1.22. The van der Waals surface area contributed by atoms with Gasteiger partial charge in [-0.05, 0) is 7.05 Å². The van der Waals surface area contributed by atoms with Crippen molar-refractivity contribution < 1.29 is 0 Å². The summed E-state index contributed by atoms with van der Waals surface area (Å²) in [5.74, 6) is 0. The van der Waals surface area contributed by atoms with Crippen molar-refractivity contribution in [3.8, 4) is 0 Å². The Morgan fingerprint density at radius 3 is 3.50 bits per heavy atom. The third kappa shape index (κ3) is 0.827. The first-order valence-corrected chi connectivity index (χ1v) is 3.41. The van der Waals surface area contributed by atoms with Gasteiger partial charge in [-0.15, -0.1) is 0 Å². The van der Waals surface area contributed by atoms with Crippen molar-refractivity contribution in [3.05, 3.63) is 24.3 Å². The number of H-pyrrole nitrogens is 1. The van der Waals surface area contributed by atoms with E-state index in [0.717, 1.165) is 13.0 Å². The average molecular weight is 136 g/mol. The van der Waals surface area contributed by atoms with Gasteiger partial charge in [0.05, 0.1) is 17.7 Å².